The fraction of sp³-hybridized carbons (Fsp3) is 0.250. The van der Waals surface area contributed by atoms with Gasteiger partial charge < -0.3 is 10.2 Å². The Morgan fingerprint density at radius 2 is 1.76 bits per heavy atom. The molecule has 0 fully saturated rings. The number of carbonyl (C=O) groups excluding carboxylic acids is 1. The van der Waals surface area contributed by atoms with Crippen LogP contribution in [0.25, 0.3) is 0 Å². The monoisotopic (exact) mass is 462 g/mol. The number of anilines is 2. The van der Waals surface area contributed by atoms with E-state index in [4.69, 9.17) is 0 Å². The van der Waals surface area contributed by atoms with Crippen LogP contribution < -0.4 is 10.2 Å². The number of hydrogen-bond acceptors (Lipinski definition) is 2. The first kappa shape index (κ1) is 22.3. The molecule has 3 atom stereocenters. The molecule has 5 rings (SSSR count). The molecule has 174 valence electrons. The Labute approximate surface area is 196 Å². The van der Waals surface area contributed by atoms with Gasteiger partial charge in [0.2, 0.25) is 0 Å². The minimum absolute atomic E-state index is 0.132. The van der Waals surface area contributed by atoms with Crippen molar-refractivity contribution in [1.82, 2.24) is 5.32 Å². The van der Waals surface area contributed by atoms with Crippen LogP contribution in [0, 0.1) is 5.92 Å². The predicted octanol–water partition coefficient (Wildman–Crippen LogP) is 7.01. The lowest BCUT2D eigenvalue weighted by atomic mass is 9.82. The van der Waals surface area contributed by atoms with E-state index in [2.05, 4.69) is 22.4 Å². The molecule has 2 unspecified atom stereocenters. The van der Waals surface area contributed by atoms with Crippen molar-refractivity contribution in [1.29, 1.82) is 0 Å². The Hall–Kier alpha value is -3.54. The van der Waals surface area contributed by atoms with E-state index in [1.807, 2.05) is 49.4 Å². The Morgan fingerprint density at radius 1 is 1.03 bits per heavy atom. The normalized spacial score (nSPS) is 19.9. The van der Waals surface area contributed by atoms with Gasteiger partial charge in [0.15, 0.2) is 0 Å². The number of rotatable bonds is 4. The number of alkyl halides is 3. The Bertz CT molecular complexity index is 1220. The number of allylic oxidation sites excluding steroid dienone is 2. The minimum atomic E-state index is -4.36. The van der Waals surface area contributed by atoms with Gasteiger partial charge in [0.25, 0.3) is 5.91 Å². The van der Waals surface area contributed by atoms with Crippen molar-refractivity contribution in [2.75, 3.05) is 11.4 Å². The van der Waals surface area contributed by atoms with Crippen LogP contribution in [0.4, 0.5) is 24.5 Å². The fourth-order valence-corrected chi connectivity index (χ4v) is 4.97. The molecule has 1 aliphatic carbocycles. The number of fused-ring (bicyclic) bond motifs is 3. The molecular weight excluding hydrogens is 437 g/mol. The maximum Gasteiger partial charge on any atom is 0.416 e. The third-order valence-corrected chi connectivity index (χ3v) is 6.80. The lowest BCUT2D eigenvalue weighted by Gasteiger charge is -2.38. The van der Waals surface area contributed by atoms with Crippen LogP contribution in [-0.4, -0.2) is 12.5 Å². The van der Waals surface area contributed by atoms with E-state index in [1.54, 1.807) is 6.07 Å². The quantitative estimate of drug-likeness (QED) is 0.423. The summed E-state index contributed by atoms with van der Waals surface area (Å²) >= 11 is 0. The van der Waals surface area contributed by atoms with E-state index in [9.17, 15) is 18.0 Å². The third-order valence-electron chi connectivity index (χ3n) is 6.80. The van der Waals surface area contributed by atoms with Gasteiger partial charge in [0.1, 0.15) is 0 Å². The maximum absolute atomic E-state index is 13.0. The highest BCUT2D eigenvalue weighted by Crippen LogP contribution is 2.47. The maximum atomic E-state index is 13.0. The number of nitrogens with zero attached hydrogens (tertiary/aromatic N) is 1. The van der Waals surface area contributed by atoms with Crippen LogP contribution >= 0.6 is 0 Å². The number of benzene rings is 3. The van der Waals surface area contributed by atoms with Crippen molar-refractivity contribution in [2.24, 2.45) is 5.92 Å². The van der Waals surface area contributed by atoms with Gasteiger partial charge in [-0.1, -0.05) is 42.5 Å². The highest BCUT2D eigenvalue weighted by molar-refractivity contribution is 5.95. The first-order chi connectivity index (χ1) is 16.3. The van der Waals surface area contributed by atoms with E-state index in [0.717, 1.165) is 41.1 Å². The number of carbonyl (C=O) groups is 1. The molecule has 3 aromatic rings. The summed E-state index contributed by atoms with van der Waals surface area (Å²) in [6, 6.07) is 20.6. The number of amides is 1. The van der Waals surface area contributed by atoms with Crippen LogP contribution in [0.3, 0.4) is 0 Å². The molecule has 2 aliphatic rings. The highest BCUT2D eigenvalue weighted by atomic mass is 19.4. The van der Waals surface area contributed by atoms with Crippen molar-refractivity contribution >= 4 is 17.3 Å². The molecule has 0 spiro atoms. The largest absolute Gasteiger partial charge is 0.416 e. The van der Waals surface area contributed by atoms with E-state index < -0.39 is 11.7 Å². The van der Waals surface area contributed by atoms with E-state index in [-0.39, 0.29) is 17.9 Å². The SMILES string of the molecule is C[C@H](NC(=O)c1ccc2c(c1)C1C=CCC1CN2c1ccc(C(F)(F)F)cc1)c1ccccc1. The van der Waals surface area contributed by atoms with Gasteiger partial charge in [0, 0.05) is 29.4 Å². The van der Waals surface area contributed by atoms with Gasteiger partial charge in [-0.05, 0) is 72.9 Å². The molecular formula is C28H25F3N2O. The first-order valence-corrected chi connectivity index (χ1v) is 11.4. The molecule has 6 heteroatoms. The molecule has 0 bridgehead atoms. The van der Waals surface area contributed by atoms with Gasteiger partial charge in [-0.25, -0.2) is 0 Å². The Kier molecular flexibility index (Phi) is 5.68. The van der Waals surface area contributed by atoms with Crippen molar-refractivity contribution < 1.29 is 18.0 Å². The third kappa shape index (κ3) is 4.20. The summed E-state index contributed by atoms with van der Waals surface area (Å²) in [6.07, 6.45) is 0.877. The van der Waals surface area contributed by atoms with Crippen LogP contribution in [0.5, 0.6) is 0 Å². The van der Waals surface area contributed by atoms with Crippen LogP contribution in [0.2, 0.25) is 0 Å². The zero-order valence-corrected chi connectivity index (χ0v) is 18.7. The van der Waals surface area contributed by atoms with E-state index >= 15 is 0 Å². The highest BCUT2D eigenvalue weighted by Gasteiger charge is 2.36. The summed E-state index contributed by atoms with van der Waals surface area (Å²) in [5.41, 5.74) is 3.63. The van der Waals surface area contributed by atoms with Crippen molar-refractivity contribution in [3.05, 3.63) is 107 Å². The van der Waals surface area contributed by atoms with E-state index in [0.29, 0.717) is 18.0 Å². The van der Waals surface area contributed by atoms with Gasteiger partial charge >= 0.3 is 6.18 Å². The zero-order chi connectivity index (χ0) is 23.9. The molecule has 34 heavy (non-hydrogen) atoms. The second-order valence-electron chi connectivity index (χ2n) is 8.98. The molecule has 0 saturated carbocycles. The summed E-state index contributed by atoms with van der Waals surface area (Å²) in [7, 11) is 0. The predicted molar refractivity (Wildman–Crippen MR) is 127 cm³/mol. The molecule has 0 saturated heterocycles. The molecule has 1 N–H and O–H groups in total. The molecule has 1 amide bonds. The second-order valence-corrected chi connectivity index (χ2v) is 8.98. The summed E-state index contributed by atoms with van der Waals surface area (Å²) in [5, 5.41) is 3.07. The lowest BCUT2D eigenvalue weighted by Crippen LogP contribution is -2.33. The second kappa shape index (κ2) is 8.67. The summed E-state index contributed by atoms with van der Waals surface area (Å²) in [6.45, 7) is 2.67. The Balaban J connectivity index is 1.45. The first-order valence-electron chi connectivity index (χ1n) is 11.4. The smallest absolute Gasteiger partial charge is 0.346 e. The number of nitrogens with one attached hydrogen (secondary N) is 1. The van der Waals surface area contributed by atoms with Gasteiger partial charge in [0.05, 0.1) is 11.6 Å². The number of halogens is 3. The average Bonchev–Trinajstić information content (AvgIpc) is 3.32. The van der Waals surface area contributed by atoms with Crippen LogP contribution in [-0.2, 0) is 6.18 Å². The summed E-state index contributed by atoms with van der Waals surface area (Å²) in [4.78, 5) is 15.1. The Morgan fingerprint density at radius 3 is 2.47 bits per heavy atom. The molecule has 1 aliphatic heterocycles. The van der Waals surface area contributed by atoms with Crippen LogP contribution in [0.15, 0.2) is 84.9 Å². The molecule has 3 aromatic carbocycles. The number of hydrogen-bond donors (Lipinski definition) is 1. The molecule has 0 radical (unpaired) electrons. The average molecular weight is 463 g/mol. The van der Waals surface area contributed by atoms with E-state index in [1.165, 1.54) is 12.1 Å². The molecule has 0 aromatic heterocycles. The van der Waals surface area contributed by atoms with Gasteiger partial charge in [-0.2, -0.15) is 13.2 Å². The molecule has 1 heterocycles. The van der Waals surface area contributed by atoms with Gasteiger partial charge in [-0.3, -0.25) is 4.79 Å². The van der Waals surface area contributed by atoms with Crippen molar-refractivity contribution in [3.8, 4) is 0 Å². The summed E-state index contributed by atoms with van der Waals surface area (Å²) in [5.74, 6) is 0.362. The zero-order valence-electron chi connectivity index (χ0n) is 18.7. The standard InChI is InChI=1S/C28H25F3N2O/c1-18(19-6-3-2-4-7-19)32-27(34)20-10-15-26-25(16-20)24-9-5-8-21(24)17-33(26)23-13-11-22(12-14-23)28(29,30)31/h2-7,9-16,18,21,24H,8,17H2,1H3,(H,32,34)/t18-,21?,24?/m0/s1. The summed E-state index contributed by atoms with van der Waals surface area (Å²) < 4.78 is 39.1. The molecule has 3 nitrogen and oxygen atoms in total. The van der Waals surface area contributed by atoms with Crippen LogP contribution in [0.1, 0.15) is 52.4 Å². The van der Waals surface area contributed by atoms with Crippen molar-refractivity contribution in [3.63, 3.8) is 0 Å². The topological polar surface area (TPSA) is 32.3 Å². The lowest BCUT2D eigenvalue weighted by molar-refractivity contribution is -0.137. The minimum Gasteiger partial charge on any atom is -0.346 e. The fourth-order valence-electron chi connectivity index (χ4n) is 4.97. The van der Waals surface area contributed by atoms with Gasteiger partial charge in [-0.15, -0.1) is 0 Å². The van der Waals surface area contributed by atoms with Crippen molar-refractivity contribution in [2.45, 2.75) is 31.5 Å².